The minimum absolute atomic E-state index is 0.0694. The first kappa shape index (κ1) is 17.9. The summed E-state index contributed by atoms with van der Waals surface area (Å²) in [6, 6.07) is 14.7. The second-order valence-electron chi connectivity index (χ2n) is 6.40. The number of rotatable bonds is 7. The zero-order chi connectivity index (χ0) is 16.9. The first-order valence-corrected chi connectivity index (χ1v) is 8.88. The van der Waals surface area contributed by atoms with Crippen molar-refractivity contribution in [2.75, 3.05) is 12.4 Å². The minimum Gasteiger partial charge on any atom is -0.497 e. The average molecular weight is 376 g/mol. The van der Waals surface area contributed by atoms with Crippen LogP contribution in [0.5, 0.6) is 5.75 Å². The van der Waals surface area contributed by atoms with Crippen LogP contribution in [0, 0.1) is 0 Å². The molecule has 0 amide bonds. The molecule has 1 N–H and O–H groups in total. The van der Waals surface area contributed by atoms with Gasteiger partial charge in [-0.25, -0.2) is 0 Å². The highest BCUT2D eigenvalue weighted by atomic mass is 79.9. The van der Waals surface area contributed by atoms with Crippen LogP contribution < -0.4 is 10.1 Å². The molecule has 0 saturated heterocycles. The van der Waals surface area contributed by atoms with Gasteiger partial charge in [-0.1, -0.05) is 53.2 Å². The predicted octanol–water partition coefficient (Wildman–Crippen LogP) is 5.59. The Morgan fingerprint density at radius 1 is 1.13 bits per heavy atom. The van der Waals surface area contributed by atoms with Crippen LogP contribution in [-0.4, -0.2) is 11.4 Å². The molecule has 0 aliphatic rings. The lowest BCUT2D eigenvalue weighted by atomic mass is 9.94. The lowest BCUT2D eigenvalue weighted by Gasteiger charge is -2.22. The van der Waals surface area contributed by atoms with Gasteiger partial charge in [-0.15, -0.1) is 0 Å². The maximum Gasteiger partial charge on any atom is 0.121 e. The van der Waals surface area contributed by atoms with Gasteiger partial charge in [-0.05, 0) is 49.4 Å². The maximum atomic E-state index is 5.51. The van der Waals surface area contributed by atoms with E-state index in [9.17, 15) is 0 Å². The van der Waals surface area contributed by atoms with Gasteiger partial charge >= 0.3 is 0 Å². The van der Waals surface area contributed by atoms with E-state index in [-0.39, 0.29) is 4.32 Å². The van der Waals surface area contributed by atoms with Crippen LogP contribution in [0.1, 0.15) is 37.5 Å². The molecule has 0 spiro atoms. The zero-order valence-electron chi connectivity index (χ0n) is 14.4. The standard InChI is InChI=1S/C20H26BrNO/c1-5-18-16(13-20(2,3)21)11-17(23-4)12-19(18)22-14-15-9-7-6-8-10-15/h6-12,22H,5,13-14H2,1-4H3. The van der Waals surface area contributed by atoms with Crippen molar-refractivity contribution in [3.05, 3.63) is 59.2 Å². The summed E-state index contributed by atoms with van der Waals surface area (Å²) in [5.41, 5.74) is 5.15. The summed E-state index contributed by atoms with van der Waals surface area (Å²) < 4.78 is 5.58. The molecular weight excluding hydrogens is 350 g/mol. The lowest BCUT2D eigenvalue weighted by molar-refractivity contribution is 0.414. The van der Waals surface area contributed by atoms with E-state index < -0.39 is 0 Å². The van der Waals surface area contributed by atoms with Gasteiger partial charge in [0.2, 0.25) is 0 Å². The first-order chi connectivity index (χ1) is 10.9. The zero-order valence-corrected chi connectivity index (χ0v) is 16.0. The fourth-order valence-corrected chi connectivity index (χ4v) is 3.10. The normalized spacial score (nSPS) is 11.3. The third-order valence-corrected chi connectivity index (χ3v) is 4.12. The van der Waals surface area contributed by atoms with E-state index in [1.54, 1.807) is 7.11 Å². The fraction of sp³-hybridized carbons (Fsp3) is 0.400. The summed E-state index contributed by atoms with van der Waals surface area (Å²) in [6.07, 6.45) is 1.97. The van der Waals surface area contributed by atoms with E-state index in [0.29, 0.717) is 0 Å². The largest absolute Gasteiger partial charge is 0.497 e. The van der Waals surface area contributed by atoms with E-state index in [2.05, 4.69) is 78.4 Å². The number of hydrogen-bond donors (Lipinski definition) is 1. The average Bonchev–Trinajstić information content (AvgIpc) is 2.52. The van der Waals surface area contributed by atoms with E-state index in [1.807, 2.05) is 6.07 Å². The van der Waals surface area contributed by atoms with Crippen molar-refractivity contribution in [2.45, 2.75) is 44.5 Å². The Morgan fingerprint density at radius 3 is 2.39 bits per heavy atom. The first-order valence-electron chi connectivity index (χ1n) is 8.09. The van der Waals surface area contributed by atoms with Crippen molar-refractivity contribution in [2.24, 2.45) is 0 Å². The molecule has 3 heteroatoms. The van der Waals surface area contributed by atoms with Crippen LogP contribution in [0.3, 0.4) is 0 Å². The summed E-state index contributed by atoms with van der Waals surface area (Å²) in [6.45, 7) is 7.42. The van der Waals surface area contributed by atoms with Gasteiger partial charge in [-0.2, -0.15) is 0 Å². The molecule has 23 heavy (non-hydrogen) atoms. The highest BCUT2D eigenvalue weighted by molar-refractivity contribution is 9.10. The Balaban J connectivity index is 2.31. The lowest BCUT2D eigenvalue weighted by Crippen LogP contribution is -2.16. The van der Waals surface area contributed by atoms with E-state index in [4.69, 9.17) is 4.74 Å². The molecule has 0 unspecified atom stereocenters. The molecule has 2 aromatic rings. The number of ether oxygens (including phenoxy) is 1. The molecule has 0 atom stereocenters. The van der Waals surface area contributed by atoms with Crippen molar-refractivity contribution in [3.63, 3.8) is 0 Å². The van der Waals surface area contributed by atoms with Gasteiger partial charge < -0.3 is 10.1 Å². The molecular formula is C20H26BrNO. The number of anilines is 1. The minimum atomic E-state index is 0.0694. The SMILES string of the molecule is CCc1c(CC(C)(C)Br)cc(OC)cc1NCc1ccccc1. The Kier molecular flexibility index (Phi) is 6.11. The highest BCUT2D eigenvalue weighted by Crippen LogP contribution is 2.32. The molecule has 0 aromatic heterocycles. The second-order valence-corrected chi connectivity index (χ2v) is 8.55. The van der Waals surface area contributed by atoms with E-state index in [1.165, 1.54) is 22.4 Å². The fourth-order valence-electron chi connectivity index (χ4n) is 2.80. The van der Waals surface area contributed by atoms with Crippen molar-refractivity contribution in [3.8, 4) is 5.75 Å². The topological polar surface area (TPSA) is 21.3 Å². The number of halogens is 1. The van der Waals surface area contributed by atoms with Crippen molar-refractivity contribution in [1.82, 2.24) is 0 Å². The highest BCUT2D eigenvalue weighted by Gasteiger charge is 2.18. The number of methoxy groups -OCH3 is 1. The summed E-state index contributed by atoms with van der Waals surface area (Å²) >= 11 is 3.76. The molecule has 0 saturated carbocycles. The monoisotopic (exact) mass is 375 g/mol. The molecule has 2 rings (SSSR count). The predicted molar refractivity (Wildman–Crippen MR) is 103 cm³/mol. The van der Waals surface area contributed by atoms with Gasteiger partial charge in [-0.3, -0.25) is 0 Å². The number of alkyl halides is 1. The molecule has 0 aliphatic heterocycles. The molecule has 0 aliphatic carbocycles. The second kappa shape index (κ2) is 7.87. The van der Waals surface area contributed by atoms with Crippen LogP contribution in [0.25, 0.3) is 0 Å². The van der Waals surface area contributed by atoms with E-state index in [0.717, 1.165) is 25.1 Å². The van der Waals surface area contributed by atoms with Gasteiger partial charge in [0.05, 0.1) is 7.11 Å². The molecule has 0 fully saturated rings. The molecule has 124 valence electrons. The number of benzene rings is 2. The smallest absolute Gasteiger partial charge is 0.121 e. The van der Waals surface area contributed by atoms with Crippen LogP contribution in [0.15, 0.2) is 42.5 Å². The van der Waals surface area contributed by atoms with Gasteiger partial charge in [0, 0.05) is 22.6 Å². The van der Waals surface area contributed by atoms with Gasteiger partial charge in [0.25, 0.3) is 0 Å². The molecule has 0 bridgehead atoms. The Labute approximate surface area is 148 Å². The van der Waals surface area contributed by atoms with Gasteiger partial charge in [0.15, 0.2) is 0 Å². The Bertz CT molecular complexity index is 632. The Morgan fingerprint density at radius 2 is 1.83 bits per heavy atom. The van der Waals surface area contributed by atoms with Crippen LogP contribution >= 0.6 is 15.9 Å². The molecule has 2 nitrogen and oxygen atoms in total. The van der Waals surface area contributed by atoms with Crippen LogP contribution in [-0.2, 0) is 19.4 Å². The van der Waals surface area contributed by atoms with Crippen molar-refractivity contribution >= 4 is 21.6 Å². The summed E-state index contributed by atoms with van der Waals surface area (Å²) in [7, 11) is 1.73. The molecule has 0 heterocycles. The maximum absolute atomic E-state index is 5.51. The molecule has 2 aromatic carbocycles. The van der Waals surface area contributed by atoms with Crippen LogP contribution in [0.4, 0.5) is 5.69 Å². The number of hydrogen-bond acceptors (Lipinski definition) is 2. The third-order valence-electron chi connectivity index (χ3n) is 3.84. The number of nitrogens with one attached hydrogen (secondary N) is 1. The summed E-state index contributed by atoms with van der Waals surface area (Å²) in [5.74, 6) is 0.907. The summed E-state index contributed by atoms with van der Waals surface area (Å²) in [5, 5.41) is 3.59. The quantitative estimate of drug-likeness (QED) is 0.637. The van der Waals surface area contributed by atoms with Crippen molar-refractivity contribution < 1.29 is 4.74 Å². The summed E-state index contributed by atoms with van der Waals surface area (Å²) in [4.78, 5) is 0. The molecule has 0 radical (unpaired) electrons. The van der Waals surface area contributed by atoms with Gasteiger partial charge in [0.1, 0.15) is 5.75 Å². The van der Waals surface area contributed by atoms with Crippen LogP contribution in [0.2, 0.25) is 0 Å². The Hall–Kier alpha value is -1.48. The van der Waals surface area contributed by atoms with Crippen molar-refractivity contribution in [1.29, 1.82) is 0 Å². The third kappa shape index (κ3) is 5.28. The van der Waals surface area contributed by atoms with E-state index >= 15 is 0 Å².